The van der Waals surface area contributed by atoms with Crippen LogP contribution in [0, 0.1) is 19.7 Å². The number of hydrogen-bond donors (Lipinski definition) is 1. The third-order valence-electron chi connectivity index (χ3n) is 5.29. The summed E-state index contributed by atoms with van der Waals surface area (Å²) in [6.07, 6.45) is 2.73. The largest absolute Gasteiger partial charge is 0.444 e. The topological polar surface area (TPSA) is 102 Å². The van der Waals surface area contributed by atoms with E-state index in [0.717, 1.165) is 21.9 Å². The molecule has 0 saturated carbocycles. The number of likely N-dealkylation sites (tertiary alicyclic amines) is 1. The molecular weight excluding hydrogens is 498 g/mol. The second-order valence-corrected chi connectivity index (χ2v) is 10.3. The maximum Gasteiger partial charge on any atom is 0.410 e. The van der Waals surface area contributed by atoms with Gasteiger partial charge in [0, 0.05) is 36.5 Å². The van der Waals surface area contributed by atoms with Gasteiger partial charge in [-0.1, -0.05) is 0 Å². The van der Waals surface area contributed by atoms with Crippen LogP contribution in [0.1, 0.15) is 65.5 Å². The Hall–Kier alpha value is -2.50. The molecule has 1 fully saturated rings. The van der Waals surface area contributed by atoms with Gasteiger partial charge in [-0.05, 0) is 59.4 Å². The van der Waals surface area contributed by atoms with Gasteiger partial charge in [-0.25, -0.2) is 13.7 Å². The van der Waals surface area contributed by atoms with Crippen molar-refractivity contribution in [2.24, 2.45) is 0 Å². The number of aromatic nitrogens is 4. The van der Waals surface area contributed by atoms with Crippen molar-refractivity contribution in [3.63, 3.8) is 0 Å². The molecule has 2 amide bonds. The van der Waals surface area contributed by atoms with E-state index in [0.29, 0.717) is 37.3 Å². The van der Waals surface area contributed by atoms with Crippen molar-refractivity contribution in [3.8, 4) is 0 Å². The Bertz CT molecular complexity index is 1210. The van der Waals surface area contributed by atoms with E-state index >= 15 is 0 Å². The van der Waals surface area contributed by atoms with Gasteiger partial charge < -0.3 is 9.64 Å². The average Bonchev–Trinajstić information content (AvgIpc) is 3.30. The SMILES string of the molecule is Cc1cn2nc(NC(=O)c3sc(C4CCN(C(=O)OC(C)(C)C)CC4)cc3F)nc2c(C)n1.[V]. The normalized spacial score (nSPS) is 14.7. The van der Waals surface area contributed by atoms with E-state index in [2.05, 4.69) is 20.4 Å². The van der Waals surface area contributed by atoms with E-state index in [1.807, 2.05) is 34.6 Å². The zero-order chi connectivity index (χ0) is 23.9. The summed E-state index contributed by atoms with van der Waals surface area (Å²) in [4.78, 5) is 36.0. The molecule has 1 aliphatic heterocycles. The fourth-order valence-corrected chi connectivity index (χ4v) is 4.91. The first-order valence-corrected chi connectivity index (χ1v) is 11.6. The molecule has 3 aromatic rings. The van der Waals surface area contributed by atoms with Gasteiger partial charge >= 0.3 is 6.09 Å². The summed E-state index contributed by atoms with van der Waals surface area (Å²) in [7, 11) is 0. The molecule has 0 unspecified atom stereocenters. The van der Waals surface area contributed by atoms with Gasteiger partial charge in [-0.2, -0.15) is 4.98 Å². The first kappa shape index (κ1) is 26.1. The average molecular weight is 526 g/mol. The van der Waals surface area contributed by atoms with E-state index in [1.165, 1.54) is 6.07 Å². The number of fused-ring (bicyclic) bond motifs is 1. The molecule has 181 valence electrons. The number of rotatable bonds is 3. The standard InChI is InChI=1S/C22H27FN6O3S.V/c1-12-11-29-18(13(2)24-12)25-20(27-29)26-19(30)17-15(23)10-16(33-17)14-6-8-28(9-7-14)21(31)32-22(3,4)5;/h10-11,14H,6-9H2,1-5H3,(H,26,27,30);. The Morgan fingerprint density at radius 3 is 2.53 bits per heavy atom. The van der Waals surface area contributed by atoms with Crippen molar-refractivity contribution in [3.05, 3.63) is 39.2 Å². The van der Waals surface area contributed by atoms with E-state index < -0.39 is 17.3 Å². The van der Waals surface area contributed by atoms with E-state index in [9.17, 15) is 14.0 Å². The predicted molar refractivity (Wildman–Crippen MR) is 122 cm³/mol. The van der Waals surface area contributed by atoms with Crippen LogP contribution >= 0.6 is 11.3 Å². The number of halogens is 1. The summed E-state index contributed by atoms with van der Waals surface area (Å²) in [5.74, 6) is -0.988. The first-order chi connectivity index (χ1) is 15.5. The molecule has 0 bridgehead atoms. The zero-order valence-corrected chi connectivity index (χ0v) is 22.0. The Labute approximate surface area is 213 Å². The summed E-state index contributed by atoms with van der Waals surface area (Å²) in [6, 6.07) is 1.42. The number of nitrogens with zero attached hydrogens (tertiary/aromatic N) is 5. The molecule has 0 aromatic carbocycles. The summed E-state index contributed by atoms with van der Waals surface area (Å²) < 4.78 is 21.6. The number of piperidine rings is 1. The number of carbonyl (C=O) groups is 2. The fraction of sp³-hybridized carbons (Fsp3) is 0.500. The van der Waals surface area contributed by atoms with Gasteiger partial charge in [0.25, 0.3) is 5.91 Å². The van der Waals surface area contributed by atoms with E-state index in [-0.39, 0.29) is 41.4 Å². The number of anilines is 1. The summed E-state index contributed by atoms with van der Waals surface area (Å²) in [6.45, 7) is 10.2. The molecule has 4 heterocycles. The molecule has 9 nitrogen and oxygen atoms in total. The maximum absolute atomic E-state index is 14.6. The Morgan fingerprint density at radius 1 is 1.21 bits per heavy atom. The van der Waals surface area contributed by atoms with Crippen LogP contribution in [0.2, 0.25) is 0 Å². The first-order valence-electron chi connectivity index (χ1n) is 10.8. The van der Waals surface area contributed by atoms with Crippen molar-refractivity contribution in [1.82, 2.24) is 24.5 Å². The minimum Gasteiger partial charge on any atom is -0.444 e. The van der Waals surface area contributed by atoms with Crippen LogP contribution in [0.5, 0.6) is 0 Å². The third kappa shape index (κ3) is 5.76. The van der Waals surface area contributed by atoms with Crippen LogP contribution in [-0.2, 0) is 23.3 Å². The fourth-order valence-electron chi connectivity index (χ4n) is 3.81. The summed E-state index contributed by atoms with van der Waals surface area (Å²) in [5, 5.41) is 6.83. The van der Waals surface area contributed by atoms with Crippen LogP contribution in [0.15, 0.2) is 12.3 Å². The molecule has 1 N–H and O–H groups in total. The molecule has 1 aliphatic rings. The van der Waals surface area contributed by atoms with Gasteiger partial charge in [0.2, 0.25) is 5.95 Å². The number of carbonyl (C=O) groups excluding carboxylic acids is 2. The molecular formula is C22H27FN6O3SV. The maximum atomic E-state index is 14.6. The molecule has 1 saturated heterocycles. The number of ether oxygens (including phenoxy) is 1. The second kappa shape index (κ2) is 10.0. The van der Waals surface area contributed by atoms with Gasteiger partial charge in [0.1, 0.15) is 16.3 Å². The van der Waals surface area contributed by atoms with Gasteiger partial charge in [0.15, 0.2) is 5.65 Å². The Balaban J connectivity index is 0.00000324. The van der Waals surface area contributed by atoms with Crippen molar-refractivity contribution in [1.29, 1.82) is 0 Å². The number of hydrogen-bond acceptors (Lipinski definition) is 7. The van der Waals surface area contributed by atoms with Crippen molar-refractivity contribution >= 4 is 34.9 Å². The molecule has 12 heteroatoms. The summed E-state index contributed by atoms with van der Waals surface area (Å²) >= 11 is 1.13. The smallest absolute Gasteiger partial charge is 0.410 e. The van der Waals surface area contributed by atoms with Crippen LogP contribution in [0.4, 0.5) is 15.1 Å². The van der Waals surface area contributed by atoms with Gasteiger partial charge in [-0.15, -0.1) is 16.4 Å². The van der Waals surface area contributed by atoms with Crippen molar-refractivity contribution in [2.75, 3.05) is 18.4 Å². The monoisotopic (exact) mass is 525 g/mol. The van der Waals surface area contributed by atoms with Crippen LogP contribution in [-0.4, -0.2) is 55.2 Å². The van der Waals surface area contributed by atoms with E-state index in [4.69, 9.17) is 4.74 Å². The molecule has 1 radical (unpaired) electrons. The van der Waals surface area contributed by atoms with Gasteiger partial charge in [-0.3, -0.25) is 15.1 Å². The molecule has 0 atom stereocenters. The van der Waals surface area contributed by atoms with Crippen LogP contribution in [0.3, 0.4) is 0 Å². The summed E-state index contributed by atoms with van der Waals surface area (Å²) in [5.41, 5.74) is 1.44. The number of thiophene rings is 1. The minimum absolute atomic E-state index is 0. The Kier molecular flexibility index (Phi) is 7.69. The predicted octanol–water partition coefficient (Wildman–Crippen LogP) is 4.31. The third-order valence-corrected chi connectivity index (χ3v) is 6.57. The quantitative estimate of drug-likeness (QED) is 0.547. The van der Waals surface area contributed by atoms with Crippen LogP contribution < -0.4 is 5.32 Å². The molecule has 3 aromatic heterocycles. The minimum atomic E-state index is -0.590. The number of nitrogens with one attached hydrogen (secondary N) is 1. The molecule has 0 spiro atoms. The van der Waals surface area contributed by atoms with Gasteiger partial charge in [0.05, 0.1) is 17.6 Å². The zero-order valence-electron chi connectivity index (χ0n) is 19.8. The Morgan fingerprint density at radius 2 is 1.88 bits per heavy atom. The van der Waals surface area contributed by atoms with Crippen molar-refractivity contribution < 1.29 is 37.3 Å². The molecule has 0 aliphatic carbocycles. The van der Waals surface area contributed by atoms with E-state index in [1.54, 1.807) is 15.6 Å². The number of aryl methyl sites for hydroxylation is 2. The molecule has 4 rings (SSSR count). The molecule has 34 heavy (non-hydrogen) atoms. The van der Waals surface area contributed by atoms with Crippen molar-refractivity contribution in [2.45, 2.75) is 59.0 Å². The van der Waals surface area contributed by atoms with Crippen LogP contribution in [0.25, 0.3) is 5.65 Å². The number of amides is 2. The second-order valence-electron chi connectivity index (χ2n) is 9.19.